The first-order chi connectivity index (χ1) is 9.98. The number of hydrogen-bond acceptors (Lipinski definition) is 3. The normalized spacial score (nSPS) is 14.6. The Hall–Kier alpha value is 5.61. The van der Waals surface area contributed by atoms with E-state index < -0.39 is 35.9 Å². The average Bonchev–Trinajstić information content (AvgIpc) is 2.23. The summed E-state index contributed by atoms with van der Waals surface area (Å²) in [4.78, 5) is 0. The molecule has 0 radical (unpaired) electrons. The van der Waals surface area contributed by atoms with Crippen LogP contribution in [-0.4, -0.2) is 29.5 Å². The van der Waals surface area contributed by atoms with E-state index in [4.69, 9.17) is 175 Å². The van der Waals surface area contributed by atoms with Crippen molar-refractivity contribution in [2.24, 2.45) is 0 Å². The van der Waals surface area contributed by atoms with Crippen molar-refractivity contribution in [2.75, 3.05) is 0 Å². The summed E-state index contributed by atoms with van der Waals surface area (Å²) in [5.41, 5.74) is 0. The molecule has 0 rings (SSSR count). The van der Waals surface area contributed by atoms with Gasteiger partial charge in [0.05, 0.1) is 0 Å². The summed E-state index contributed by atoms with van der Waals surface area (Å²) in [6.45, 7) is 0. The van der Waals surface area contributed by atoms with Crippen molar-refractivity contribution >= 4 is 173 Å². The first-order valence-corrected chi connectivity index (χ1v) is 10.7. The largest absolute Gasteiger partial charge is 1.00 e. The molecule has 0 saturated carbocycles. The van der Waals surface area contributed by atoms with Gasteiger partial charge in [0.1, 0.15) is 0 Å². The molecule has 0 aromatic rings. The minimum Gasteiger partial charge on any atom is -0.439 e. The summed E-state index contributed by atoms with van der Waals surface area (Å²) in [7, 11) is -2.86. The molecule has 1 N–H and O–H groups in total. The van der Waals surface area contributed by atoms with Crippen molar-refractivity contribution in [2.45, 2.75) is 24.9 Å². The van der Waals surface area contributed by atoms with Crippen molar-refractivity contribution in [3.63, 3.8) is 0 Å². The Morgan fingerprint density at radius 2 is 0.600 bits per heavy atom. The predicted molar refractivity (Wildman–Crippen MR) is 110 cm³/mol. The Labute approximate surface area is 257 Å². The molecule has 0 aliphatic rings. The van der Waals surface area contributed by atoms with Gasteiger partial charge in [-0.1, -0.05) is 162 Å². The molecule has 0 unspecified atom stereocenters. The van der Waals surface area contributed by atoms with E-state index >= 15 is 0 Å². The number of halogens is 14. The van der Waals surface area contributed by atoms with E-state index in [9.17, 15) is 0 Å². The zero-order valence-corrected chi connectivity index (χ0v) is 25.5. The van der Waals surface area contributed by atoms with Gasteiger partial charge in [0.15, 0.2) is 8.67 Å². The van der Waals surface area contributed by atoms with E-state index in [0.29, 0.717) is 0 Å². The summed E-state index contributed by atoms with van der Waals surface area (Å²) in [5, 5.41) is 0. The third-order valence-corrected chi connectivity index (χ3v) is 10.5. The number of hydrogen-bond donors (Lipinski definition) is 1. The van der Waals surface area contributed by atoms with Crippen molar-refractivity contribution in [1.82, 2.24) is 0 Å². The van der Waals surface area contributed by atoms with Gasteiger partial charge in [0, 0.05) is 11.0 Å². The molecule has 3 nitrogen and oxygen atoms in total. The van der Waals surface area contributed by atoms with Gasteiger partial charge in [-0.05, 0) is 0 Å². The van der Waals surface area contributed by atoms with Crippen LogP contribution in [0.25, 0.3) is 0 Å². The molecule has 0 aromatic heterocycles. The fraction of sp³-hybridized carbons (Fsp3) is 1.00. The van der Waals surface area contributed by atoms with Crippen LogP contribution in [-0.2, 0) is 19.4 Å². The van der Waals surface area contributed by atoms with Crippen LogP contribution in [0, 0.1) is 0 Å². The Bertz CT molecular complexity index is 462. The van der Waals surface area contributed by atoms with Gasteiger partial charge in [-0.3, -0.25) is 0 Å². The van der Waals surface area contributed by atoms with Gasteiger partial charge in [0.25, 0.3) is 0 Å². The van der Waals surface area contributed by atoms with Crippen molar-refractivity contribution in [1.29, 1.82) is 0 Å². The molecule has 0 spiro atoms. The molecule has 0 aliphatic heterocycles. The summed E-state index contributed by atoms with van der Waals surface area (Å²) in [6, 6.07) is 0. The fourth-order valence-corrected chi connectivity index (χ4v) is 4.27. The molecule has 0 aromatic carbocycles. The zero-order valence-electron chi connectivity index (χ0n) is 11.0. The summed E-state index contributed by atoms with van der Waals surface area (Å²) >= 11 is 80.5. The van der Waals surface area contributed by atoms with Crippen LogP contribution >= 0.6 is 162 Å². The maximum absolute atomic E-state index is 8.56. The van der Waals surface area contributed by atoms with E-state index in [0.717, 1.165) is 0 Å². The first kappa shape index (κ1) is 35.2. The van der Waals surface area contributed by atoms with Gasteiger partial charge in [0.2, 0.25) is 16.3 Å². The Kier molecular flexibility index (Phi) is 17.1. The molecule has 0 amide bonds. The molecule has 148 valence electrons. The first-order valence-electron chi connectivity index (χ1n) is 4.41. The van der Waals surface area contributed by atoms with Crippen LogP contribution in [0.3, 0.4) is 0 Å². The fourth-order valence-electron chi connectivity index (χ4n) is 0.750. The van der Waals surface area contributed by atoms with Crippen molar-refractivity contribution < 1.29 is 64.4 Å². The van der Waals surface area contributed by atoms with E-state index in [1.54, 1.807) is 0 Å². The molecular weight excluding hydrogens is 688 g/mol. The second kappa shape index (κ2) is 12.2. The Morgan fingerprint density at radius 3 is 0.680 bits per heavy atom. The molecule has 0 fully saturated rings. The quantitative estimate of drug-likeness (QED) is 0.146. The third kappa shape index (κ3) is 8.81. The van der Waals surface area contributed by atoms with Crippen LogP contribution in [0.15, 0.2) is 0 Å². The number of alkyl halides is 14. The van der Waals surface area contributed by atoms with Crippen molar-refractivity contribution in [3.05, 3.63) is 0 Å². The third-order valence-electron chi connectivity index (χ3n) is 1.90. The maximum atomic E-state index is 8.56. The summed E-state index contributed by atoms with van der Waals surface area (Å²) < 4.78 is 8.61. The minimum absolute atomic E-state index is 0. The van der Waals surface area contributed by atoms with Crippen LogP contribution in [0.5, 0.6) is 0 Å². The minimum atomic E-state index is -2.86. The summed E-state index contributed by atoms with van der Waals surface area (Å²) in [5.74, 6) is 0. The zero-order chi connectivity index (χ0) is 20.6. The smallest absolute Gasteiger partial charge is 0.439 e. The average molecular weight is 689 g/mol. The number of rotatable bonds is 3. The Morgan fingerprint density at radius 1 is 0.480 bits per heavy atom. The molecule has 19 heteroatoms. The molecule has 0 bridgehead atoms. The summed E-state index contributed by atoms with van der Waals surface area (Å²) in [6.07, 6.45) is 0. The van der Waals surface area contributed by atoms with E-state index in [2.05, 4.69) is 0 Å². The molecule has 0 atom stereocenters. The van der Waals surface area contributed by atoms with Crippen LogP contribution in [0.2, 0.25) is 0 Å². The van der Waals surface area contributed by atoms with E-state index in [-0.39, 0.29) is 51.4 Å². The van der Waals surface area contributed by atoms with E-state index in [1.807, 2.05) is 0 Å². The molecule has 25 heavy (non-hydrogen) atoms. The maximum Gasteiger partial charge on any atom is 1.00 e. The second-order valence-corrected chi connectivity index (χ2v) is 13.8. The molecule has 0 aliphatic carbocycles. The van der Waals surface area contributed by atoms with Crippen LogP contribution in [0.4, 0.5) is 0 Å². The Balaban J connectivity index is -0.000000867. The van der Waals surface area contributed by atoms with Gasteiger partial charge in [-0.15, -0.1) is 0 Å². The van der Waals surface area contributed by atoms with Gasteiger partial charge in [-0.2, -0.15) is 0 Å². The van der Waals surface area contributed by atoms with Gasteiger partial charge >= 0.3 is 51.4 Å². The van der Waals surface area contributed by atoms with Gasteiger partial charge < -0.3 is 13.0 Å². The monoisotopic (exact) mass is 681 g/mol. The van der Waals surface area contributed by atoms with Gasteiger partial charge in [-0.25, -0.2) is 0 Å². The standard InChI is InChI=1S/C6Cl14.K.HO3S/c7-1(8,3(11,12)5(15,16)17)2(9,10)4(13,14)6(18,19)20;;1-4(2)3/h;;(H,1,2,3)/q;+1;-1. The SMILES string of the molecule is ClC(Cl)(Cl)C(Cl)(Cl)C(Cl)(Cl)C(Cl)(Cl)C(Cl)(Cl)C(Cl)(Cl)Cl.O=[S-](=O)O.[K+]. The topological polar surface area (TPSA) is 54.4 Å². The molecule has 0 saturated heterocycles. The van der Waals surface area contributed by atoms with E-state index in [1.165, 1.54) is 0 Å². The van der Waals surface area contributed by atoms with Crippen LogP contribution < -0.4 is 51.4 Å². The molecular formula is C6HCl14KO3S. The molecule has 0 heterocycles. The van der Waals surface area contributed by atoms with Crippen molar-refractivity contribution in [3.8, 4) is 0 Å². The second-order valence-electron chi connectivity index (χ2n) is 3.51. The van der Waals surface area contributed by atoms with Crippen LogP contribution in [0.1, 0.15) is 0 Å². The predicted octanol–water partition coefficient (Wildman–Crippen LogP) is 5.20.